The average Bonchev–Trinajstić information content (AvgIpc) is 2.65. The van der Waals surface area contributed by atoms with Gasteiger partial charge in [-0.15, -0.1) is 0 Å². The monoisotopic (exact) mass is 194 g/mol. The van der Waals surface area contributed by atoms with Crippen LogP contribution in [0.3, 0.4) is 0 Å². The van der Waals surface area contributed by atoms with Crippen molar-refractivity contribution in [2.24, 2.45) is 0 Å². The first-order valence-electron chi connectivity index (χ1n) is 5.37. The minimum Gasteiger partial charge on any atom is -0.469 e. The summed E-state index contributed by atoms with van der Waals surface area (Å²) in [6.07, 6.45) is 7.40. The van der Waals surface area contributed by atoms with Crippen molar-refractivity contribution in [3.63, 3.8) is 0 Å². The van der Waals surface area contributed by atoms with Gasteiger partial charge in [-0.25, -0.2) is 0 Å². The van der Waals surface area contributed by atoms with E-state index in [9.17, 15) is 4.79 Å². The molecular weight excluding hydrogens is 176 g/mol. The fourth-order valence-corrected chi connectivity index (χ4v) is 1.44. The van der Waals surface area contributed by atoms with Crippen molar-refractivity contribution in [2.45, 2.75) is 45.4 Å². The molecule has 1 aromatic heterocycles. The molecule has 0 bridgehead atoms. The highest BCUT2D eigenvalue weighted by atomic mass is 16.3. The Balaban J connectivity index is 2.11. The average molecular weight is 194 g/mol. The van der Waals surface area contributed by atoms with Crippen LogP contribution in [0.25, 0.3) is 0 Å². The molecular formula is C12H18O2. The summed E-state index contributed by atoms with van der Waals surface area (Å²) >= 11 is 0. The van der Waals surface area contributed by atoms with E-state index < -0.39 is 0 Å². The van der Waals surface area contributed by atoms with Gasteiger partial charge in [0.05, 0.1) is 12.7 Å². The summed E-state index contributed by atoms with van der Waals surface area (Å²) in [5.41, 5.74) is 0. The zero-order valence-electron chi connectivity index (χ0n) is 8.79. The molecule has 1 heterocycles. The second-order valence-electron chi connectivity index (χ2n) is 3.61. The van der Waals surface area contributed by atoms with Crippen molar-refractivity contribution < 1.29 is 9.21 Å². The van der Waals surface area contributed by atoms with Crippen molar-refractivity contribution in [3.8, 4) is 0 Å². The molecule has 0 spiro atoms. The first-order valence-corrected chi connectivity index (χ1v) is 5.37. The quantitative estimate of drug-likeness (QED) is 0.623. The molecule has 0 N–H and O–H groups in total. The Morgan fingerprint density at radius 3 is 2.86 bits per heavy atom. The number of carbonyl (C=O) groups excluding carboxylic acids is 1. The number of Topliss-reactive ketones (excluding diaryl/α,β-unsaturated/α-hetero) is 1. The van der Waals surface area contributed by atoms with Crippen molar-refractivity contribution >= 4 is 5.78 Å². The lowest BCUT2D eigenvalue weighted by molar-refractivity contribution is -0.118. The highest BCUT2D eigenvalue weighted by Gasteiger charge is 2.04. The zero-order chi connectivity index (χ0) is 10.2. The highest BCUT2D eigenvalue weighted by molar-refractivity contribution is 5.80. The van der Waals surface area contributed by atoms with Crippen LogP contribution in [0, 0.1) is 0 Å². The third kappa shape index (κ3) is 4.26. The summed E-state index contributed by atoms with van der Waals surface area (Å²) < 4.78 is 5.11. The van der Waals surface area contributed by atoms with Crippen molar-refractivity contribution in [1.82, 2.24) is 0 Å². The van der Waals surface area contributed by atoms with E-state index in [2.05, 4.69) is 6.92 Å². The summed E-state index contributed by atoms with van der Waals surface area (Å²) in [5.74, 6) is 1.07. The van der Waals surface area contributed by atoms with Crippen LogP contribution in [0.1, 0.15) is 44.8 Å². The summed E-state index contributed by atoms with van der Waals surface area (Å²) in [6.45, 7) is 2.17. The van der Waals surface area contributed by atoms with E-state index in [0.29, 0.717) is 12.8 Å². The molecule has 1 aromatic rings. The smallest absolute Gasteiger partial charge is 0.140 e. The lowest BCUT2D eigenvalue weighted by atomic mass is 10.1. The van der Waals surface area contributed by atoms with Gasteiger partial charge in [-0.3, -0.25) is 4.79 Å². The molecule has 2 heteroatoms. The summed E-state index contributed by atoms with van der Waals surface area (Å²) in [6, 6.07) is 3.67. The molecule has 14 heavy (non-hydrogen) atoms. The Kier molecular flexibility index (Phi) is 5.05. The maximum absolute atomic E-state index is 11.4. The summed E-state index contributed by atoms with van der Waals surface area (Å²) in [5, 5.41) is 0. The predicted octanol–water partition coefficient (Wildman–Crippen LogP) is 3.36. The molecule has 0 aliphatic rings. The van der Waals surface area contributed by atoms with Crippen molar-refractivity contribution in [2.75, 3.05) is 0 Å². The first kappa shape index (κ1) is 11.0. The third-order valence-corrected chi connectivity index (χ3v) is 2.26. The van der Waals surface area contributed by atoms with E-state index in [-0.39, 0.29) is 5.78 Å². The highest BCUT2D eigenvalue weighted by Crippen LogP contribution is 2.07. The summed E-state index contributed by atoms with van der Waals surface area (Å²) in [7, 11) is 0. The van der Waals surface area contributed by atoms with Crippen molar-refractivity contribution in [3.05, 3.63) is 24.2 Å². The second-order valence-corrected chi connectivity index (χ2v) is 3.61. The van der Waals surface area contributed by atoms with Gasteiger partial charge in [0.1, 0.15) is 11.5 Å². The maximum atomic E-state index is 11.4. The minimum atomic E-state index is 0.288. The SMILES string of the molecule is CCCCCCC(=O)Cc1ccco1. The fourth-order valence-electron chi connectivity index (χ4n) is 1.44. The maximum Gasteiger partial charge on any atom is 0.140 e. The Morgan fingerprint density at radius 1 is 1.36 bits per heavy atom. The predicted molar refractivity (Wildman–Crippen MR) is 56.2 cm³/mol. The van der Waals surface area contributed by atoms with E-state index in [4.69, 9.17) is 4.42 Å². The zero-order valence-corrected chi connectivity index (χ0v) is 8.79. The number of furan rings is 1. The Bertz CT molecular complexity index is 249. The van der Waals surface area contributed by atoms with Gasteiger partial charge in [0.15, 0.2) is 0 Å². The number of rotatable bonds is 7. The van der Waals surface area contributed by atoms with Gasteiger partial charge < -0.3 is 4.42 Å². The van der Waals surface area contributed by atoms with E-state index in [0.717, 1.165) is 12.2 Å². The molecule has 0 aliphatic carbocycles. The van der Waals surface area contributed by atoms with Gasteiger partial charge in [0, 0.05) is 6.42 Å². The molecule has 0 saturated carbocycles. The topological polar surface area (TPSA) is 30.2 Å². The summed E-state index contributed by atoms with van der Waals surface area (Å²) in [4.78, 5) is 11.4. The van der Waals surface area contributed by atoms with Gasteiger partial charge in [-0.1, -0.05) is 26.2 Å². The molecule has 0 aromatic carbocycles. The lowest BCUT2D eigenvalue weighted by Crippen LogP contribution is -2.01. The second kappa shape index (κ2) is 6.41. The van der Waals surface area contributed by atoms with E-state index in [1.807, 2.05) is 12.1 Å². The number of carbonyl (C=O) groups is 1. The number of hydrogen-bond donors (Lipinski definition) is 0. The van der Waals surface area contributed by atoms with Gasteiger partial charge in [0.25, 0.3) is 0 Å². The number of hydrogen-bond acceptors (Lipinski definition) is 2. The van der Waals surface area contributed by atoms with E-state index in [1.54, 1.807) is 6.26 Å². The Labute approximate surface area is 85.3 Å². The third-order valence-electron chi connectivity index (χ3n) is 2.26. The molecule has 0 atom stereocenters. The molecule has 1 rings (SSSR count). The Hall–Kier alpha value is -1.05. The van der Waals surface area contributed by atoms with Crippen molar-refractivity contribution in [1.29, 1.82) is 0 Å². The normalized spacial score (nSPS) is 10.4. The van der Waals surface area contributed by atoms with Crippen LogP contribution in [0.5, 0.6) is 0 Å². The Morgan fingerprint density at radius 2 is 2.21 bits per heavy atom. The molecule has 0 radical (unpaired) electrons. The number of unbranched alkanes of at least 4 members (excludes halogenated alkanes) is 3. The molecule has 0 aliphatic heterocycles. The molecule has 0 saturated heterocycles. The molecule has 2 nitrogen and oxygen atoms in total. The van der Waals surface area contributed by atoms with E-state index >= 15 is 0 Å². The molecule has 0 fully saturated rings. The van der Waals surface area contributed by atoms with Crippen LogP contribution in [0.4, 0.5) is 0 Å². The van der Waals surface area contributed by atoms with Gasteiger partial charge in [-0.2, -0.15) is 0 Å². The van der Waals surface area contributed by atoms with Crippen LogP contribution in [-0.2, 0) is 11.2 Å². The fraction of sp³-hybridized carbons (Fsp3) is 0.583. The van der Waals surface area contributed by atoms with Gasteiger partial charge >= 0.3 is 0 Å². The van der Waals surface area contributed by atoms with Crippen LogP contribution in [-0.4, -0.2) is 5.78 Å². The lowest BCUT2D eigenvalue weighted by Gasteiger charge is -1.98. The van der Waals surface area contributed by atoms with Gasteiger partial charge in [0.2, 0.25) is 0 Å². The van der Waals surface area contributed by atoms with Crippen LogP contribution >= 0.6 is 0 Å². The van der Waals surface area contributed by atoms with Gasteiger partial charge in [-0.05, 0) is 18.6 Å². The van der Waals surface area contributed by atoms with Crippen LogP contribution < -0.4 is 0 Å². The largest absolute Gasteiger partial charge is 0.469 e. The molecule has 0 unspecified atom stereocenters. The molecule has 0 amide bonds. The number of ketones is 1. The standard InChI is InChI=1S/C12H18O2/c1-2-3-4-5-7-11(13)10-12-8-6-9-14-12/h6,8-9H,2-5,7,10H2,1H3. The first-order chi connectivity index (χ1) is 6.83. The van der Waals surface area contributed by atoms with Crippen LogP contribution in [0.15, 0.2) is 22.8 Å². The van der Waals surface area contributed by atoms with E-state index in [1.165, 1.54) is 19.3 Å². The molecule has 78 valence electrons. The van der Waals surface area contributed by atoms with Crippen LogP contribution in [0.2, 0.25) is 0 Å². The minimum absolute atomic E-state index is 0.288.